The first-order chi connectivity index (χ1) is 9.63. The van der Waals surface area contributed by atoms with Crippen molar-refractivity contribution in [3.8, 4) is 0 Å². The molecule has 0 amide bonds. The Morgan fingerprint density at radius 1 is 1.20 bits per heavy atom. The van der Waals surface area contributed by atoms with Crippen LogP contribution in [0.3, 0.4) is 0 Å². The van der Waals surface area contributed by atoms with Gasteiger partial charge in [-0.05, 0) is 65.1 Å². The first-order valence-electron chi connectivity index (χ1n) is 8.34. The highest BCUT2D eigenvalue weighted by Crippen LogP contribution is 2.19. The summed E-state index contributed by atoms with van der Waals surface area (Å²) in [5.41, 5.74) is 0. The normalized spacial score (nSPS) is 27.9. The van der Waals surface area contributed by atoms with Crippen LogP contribution in [-0.2, 0) is 4.74 Å². The molecule has 4 nitrogen and oxygen atoms in total. The highest BCUT2D eigenvalue weighted by molar-refractivity contribution is 4.76. The van der Waals surface area contributed by atoms with Crippen LogP contribution < -0.4 is 0 Å². The van der Waals surface area contributed by atoms with Gasteiger partial charge in [-0.25, -0.2) is 0 Å². The van der Waals surface area contributed by atoms with Gasteiger partial charge >= 0.3 is 0 Å². The Kier molecular flexibility index (Phi) is 6.75. The Balaban J connectivity index is 1.61. The van der Waals surface area contributed by atoms with Crippen LogP contribution in [0.25, 0.3) is 0 Å². The third-order valence-electron chi connectivity index (χ3n) is 4.59. The average Bonchev–Trinajstić information content (AvgIpc) is 2.41. The van der Waals surface area contributed by atoms with E-state index in [1.807, 2.05) is 6.92 Å². The molecule has 0 aliphatic carbocycles. The fraction of sp³-hybridized carbons (Fsp3) is 1.00. The second kappa shape index (κ2) is 8.32. The number of ether oxygens (including phenoxy) is 1. The van der Waals surface area contributed by atoms with Crippen LogP contribution in [0.15, 0.2) is 0 Å². The van der Waals surface area contributed by atoms with E-state index in [-0.39, 0.29) is 6.10 Å². The molecule has 0 aromatic rings. The second-order valence-corrected chi connectivity index (χ2v) is 6.80. The minimum Gasteiger partial charge on any atom is -0.392 e. The van der Waals surface area contributed by atoms with E-state index in [4.69, 9.17) is 4.74 Å². The number of hydrogen-bond donors (Lipinski definition) is 1. The number of piperidine rings is 1. The van der Waals surface area contributed by atoms with Gasteiger partial charge in [0, 0.05) is 26.2 Å². The Morgan fingerprint density at radius 3 is 2.55 bits per heavy atom. The van der Waals surface area contributed by atoms with Crippen LogP contribution in [0.4, 0.5) is 0 Å². The first kappa shape index (κ1) is 16.2. The minimum atomic E-state index is -0.197. The van der Waals surface area contributed by atoms with E-state index in [0.29, 0.717) is 6.10 Å². The van der Waals surface area contributed by atoms with Gasteiger partial charge in [-0.2, -0.15) is 0 Å². The van der Waals surface area contributed by atoms with E-state index in [2.05, 4.69) is 16.8 Å². The van der Waals surface area contributed by atoms with E-state index in [1.54, 1.807) is 0 Å². The summed E-state index contributed by atoms with van der Waals surface area (Å²) in [5, 5.41) is 9.43. The zero-order valence-corrected chi connectivity index (χ0v) is 13.3. The van der Waals surface area contributed by atoms with Crippen molar-refractivity contribution in [1.82, 2.24) is 9.80 Å². The summed E-state index contributed by atoms with van der Waals surface area (Å²) < 4.78 is 5.82. The lowest BCUT2D eigenvalue weighted by Gasteiger charge is -2.35. The maximum atomic E-state index is 9.43. The van der Waals surface area contributed by atoms with Crippen molar-refractivity contribution < 1.29 is 9.84 Å². The number of likely N-dealkylation sites (tertiary alicyclic amines) is 1. The maximum Gasteiger partial charge on any atom is 0.0701 e. The van der Waals surface area contributed by atoms with Gasteiger partial charge in [-0.1, -0.05) is 0 Å². The predicted molar refractivity (Wildman–Crippen MR) is 81.9 cm³/mol. The van der Waals surface area contributed by atoms with Crippen molar-refractivity contribution >= 4 is 0 Å². The van der Waals surface area contributed by atoms with Gasteiger partial charge in [0.05, 0.1) is 12.2 Å². The third kappa shape index (κ3) is 5.68. The number of aliphatic hydroxyl groups is 1. The summed E-state index contributed by atoms with van der Waals surface area (Å²) in [4.78, 5) is 4.86. The van der Waals surface area contributed by atoms with E-state index < -0.39 is 0 Å². The molecule has 2 aliphatic heterocycles. The summed E-state index contributed by atoms with van der Waals surface area (Å²) in [6.07, 6.45) is 6.60. The molecular weight excluding hydrogens is 252 g/mol. The molecule has 0 spiro atoms. The number of aliphatic hydroxyl groups excluding tert-OH is 1. The third-order valence-corrected chi connectivity index (χ3v) is 4.59. The predicted octanol–water partition coefficient (Wildman–Crippen LogP) is 1.58. The molecule has 0 unspecified atom stereocenters. The zero-order valence-electron chi connectivity index (χ0n) is 13.3. The van der Waals surface area contributed by atoms with E-state index in [1.165, 1.54) is 38.6 Å². The van der Waals surface area contributed by atoms with Gasteiger partial charge in [0.25, 0.3) is 0 Å². The van der Waals surface area contributed by atoms with Gasteiger partial charge in [0.15, 0.2) is 0 Å². The molecule has 4 heteroatoms. The molecule has 0 aromatic heterocycles. The van der Waals surface area contributed by atoms with Gasteiger partial charge in [-0.15, -0.1) is 0 Å². The maximum absolute atomic E-state index is 9.43. The molecule has 2 atom stereocenters. The molecule has 2 aliphatic rings. The Morgan fingerprint density at radius 2 is 1.95 bits per heavy atom. The number of likely N-dealkylation sites (N-methyl/N-ethyl adjacent to an activating group) is 1. The number of β-amino-alcohol motifs (C(OH)–C–C–N with tert-alkyl or cyclic N) is 1. The summed E-state index contributed by atoms with van der Waals surface area (Å²) in [7, 11) is 2.24. The molecule has 2 saturated heterocycles. The topological polar surface area (TPSA) is 35.9 Å². The van der Waals surface area contributed by atoms with E-state index in [9.17, 15) is 5.11 Å². The molecule has 2 fully saturated rings. The molecular formula is C16H32N2O2. The van der Waals surface area contributed by atoms with Crippen molar-refractivity contribution in [3.63, 3.8) is 0 Å². The van der Waals surface area contributed by atoms with Crippen molar-refractivity contribution in [3.05, 3.63) is 0 Å². The zero-order chi connectivity index (χ0) is 14.4. The average molecular weight is 284 g/mol. The fourth-order valence-electron chi connectivity index (χ4n) is 3.54. The monoisotopic (exact) mass is 284 g/mol. The van der Waals surface area contributed by atoms with Gasteiger partial charge in [-0.3, -0.25) is 0 Å². The summed E-state index contributed by atoms with van der Waals surface area (Å²) in [6.45, 7) is 8.24. The number of rotatable bonds is 6. The minimum absolute atomic E-state index is 0.197. The summed E-state index contributed by atoms with van der Waals surface area (Å²) in [6, 6.07) is 0. The van der Waals surface area contributed by atoms with Crippen LogP contribution in [0.5, 0.6) is 0 Å². The quantitative estimate of drug-likeness (QED) is 0.803. The number of hydrogen-bond acceptors (Lipinski definition) is 4. The van der Waals surface area contributed by atoms with Crippen LogP contribution in [0.1, 0.15) is 39.0 Å². The summed E-state index contributed by atoms with van der Waals surface area (Å²) in [5.74, 6) is 0.814. The number of nitrogens with zero attached hydrogens (tertiary/aromatic N) is 2. The lowest BCUT2D eigenvalue weighted by molar-refractivity contribution is -0.00536. The van der Waals surface area contributed by atoms with Crippen LogP contribution in [-0.4, -0.2) is 73.5 Å². The van der Waals surface area contributed by atoms with Gasteiger partial charge in [0.1, 0.15) is 0 Å². The first-order valence-corrected chi connectivity index (χ1v) is 8.34. The molecule has 20 heavy (non-hydrogen) atoms. The standard InChI is InChI=1S/C16H32N2O2/c1-14(19)11-18-8-6-15(7-9-18)12-17(2)13-16-5-3-4-10-20-16/h14-16,19H,3-13H2,1-2H3/t14-,16-/m1/s1. The smallest absolute Gasteiger partial charge is 0.0701 e. The molecule has 0 bridgehead atoms. The highest BCUT2D eigenvalue weighted by Gasteiger charge is 2.22. The Hall–Kier alpha value is -0.160. The Labute approximate surface area is 124 Å². The SMILES string of the molecule is C[C@@H](O)CN1CCC(CN(C)C[C@H]2CCCCO2)CC1. The van der Waals surface area contributed by atoms with Crippen molar-refractivity contribution in [2.24, 2.45) is 5.92 Å². The molecule has 2 heterocycles. The second-order valence-electron chi connectivity index (χ2n) is 6.80. The fourth-order valence-corrected chi connectivity index (χ4v) is 3.54. The van der Waals surface area contributed by atoms with Crippen molar-refractivity contribution in [2.45, 2.75) is 51.2 Å². The molecule has 2 rings (SSSR count). The van der Waals surface area contributed by atoms with Crippen LogP contribution in [0, 0.1) is 5.92 Å². The molecule has 0 saturated carbocycles. The van der Waals surface area contributed by atoms with Crippen LogP contribution in [0.2, 0.25) is 0 Å². The van der Waals surface area contributed by atoms with Crippen LogP contribution >= 0.6 is 0 Å². The van der Waals surface area contributed by atoms with Crippen molar-refractivity contribution in [1.29, 1.82) is 0 Å². The lowest BCUT2D eigenvalue weighted by Crippen LogP contribution is -2.42. The van der Waals surface area contributed by atoms with Crippen molar-refractivity contribution in [2.75, 3.05) is 46.4 Å². The largest absolute Gasteiger partial charge is 0.392 e. The molecule has 0 radical (unpaired) electrons. The highest BCUT2D eigenvalue weighted by atomic mass is 16.5. The molecule has 118 valence electrons. The summed E-state index contributed by atoms with van der Waals surface area (Å²) >= 11 is 0. The van der Waals surface area contributed by atoms with Gasteiger partial charge in [0.2, 0.25) is 0 Å². The molecule has 0 aromatic carbocycles. The lowest BCUT2D eigenvalue weighted by atomic mass is 9.96. The van der Waals surface area contributed by atoms with E-state index >= 15 is 0 Å². The Bertz CT molecular complexity index is 259. The molecule has 1 N–H and O–H groups in total. The van der Waals surface area contributed by atoms with Gasteiger partial charge < -0.3 is 19.6 Å². The van der Waals surface area contributed by atoms with E-state index in [0.717, 1.165) is 38.7 Å².